The van der Waals surface area contributed by atoms with Crippen molar-refractivity contribution in [3.63, 3.8) is 0 Å². The van der Waals surface area contributed by atoms with Gasteiger partial charge in [-0.15, -0.1) is 0 Å². The SMILES string of the molecule is CC(=O)c1ccc(Nc2cc(C(=O)Nc3c(C)cc(C)cc3C)ncn2)cc1. The lowest BCUT2D eigenvalue weighted by Gasteiger charge is -2.13. The second-order valence-electron chi connectivity index (χ2n) is 6.77. The van der Waals surface area contributed by atoms with Crippen molar-refractivity contribution < 1.29 is 9.59 Å². The number of hydrogen-bond donors (Lipinski definition) is 2. The van der Waals surface area contributed by atoms with Gasteiger partial charge in [0.2, 0.25) is 0 Å². The number of aryl methyl sites for hydroxylation is 3. The molecule has 0 atom stereocenters. The average molecular weight is 374 g/mol. The molecular formula is C22H22N4O2. The molecule has 0 aliphatic rings. The normalized spacial score (nSPS) is 10.4. The Hall–Kier alpha value is -3.54. The topological polar surface area (TPSA) is 84.0 Å². The van der Waals surface area contributed by atoms with Crippen LogP contribution in [-0.2, 0) is 0 Å². The molecule has 0 unspecified atom stereocenters. The summed E-state index contributed by atoms with van der Waals surface area (Å²) in [4.78, 5) is 32.3. The number of nitrogens with zero attached hydrogens (tertiary/aromatic N) is 2. The number of hydrogen-bond acceptors (Lipinski definition) is 5. The predicted octanol–water partition coefficient (Wildman–Crippen LogP) is 4.60. The number of carbonyl (C=O) groups is 2. The number of rotatable bonds is 5. The van der Waals surface area contributed by atoms with E-state index < -0.39 is 0 Å². The van der Waals surface area contributed by atoms with Gasteiger partial charge >= 0.3 is 0 Å². The second-order valence-corrected chi connectivity index (χ2v) is 6.77. The summed E-state index contributed by atoms with van der Waals surface area (Å²) in [5.74, 6) is 0.203. The van der Waals surface area contributed by atoms with E-state index in [2.05, 4.69) is 20.6 Å². The van der Waals surface area contributed by atoms with Crippen molar-refractivity contribution in [1.82, 2.24) is 9.97 Å². The van der Waals surface area contributed by atoms with Crippen LogP contribution in [0.15, 0.2) is 48.8 Å². The Kier molecular flexibility index (Phi) is 5.49. The van der Waals surface area contributed by atoms with Gasteiger partial charge in [-0.25, -0.2) is 9.97 Å². The average Bonchev–Trinajstić information content (AvgIpc) is 2.65. The molecule has 1 heterocycles. The smallest absolute Gasteiger partial charge is 0.274 e. The zero-order chi connectivity index (χ0) is 20.3. The van der Waals surface area contributed by atoms with E-state index in [1.54, 1.807) is 30.3 Å². The van der Waals surface area contributed by atoms with E-state index in [0.29, 0.717) is 11.4 Å². The van der Waals surface area contributed by atoms with Gasteiger partial charge < -0.3 is 10.6 Å². The molecule has 1 aromatic heterocycles. The molecule has 3 aromatic rings. The van der Waals surface area contributed by atoms with Crippen molar-refractivity contribution in [2.45, 2.75) is 27.7 Å². The Balaban J connectivity index is 1.77. The molecule has 3 rings (SSSR count). The maximum absolute atomic E-state index is 12.7. The van der Waals surface area contributed by atoms with Crippen molar-refractivity contribution in [2.24, 2.45) is 0 Å². The monoisotopic (exact) mass is 374 g/mol. The van der Waals surface area contributed by atoms with Gasteiger partial charge in [-0.3, -0.25) is 9.59 Å². The third kappa shape index (κ3) is 4.40. The van der Waals surface area contributed by atoms with Crippen LogP contribution in [0.4, 0.5) is 17.2 Å². The minimum Gasteiger partial charge on any atom is -0.340 e. The number of nitrogens with one attached hydrogen (secondary N) is 2. The highest BCUT2D eigenvalue weighted by Gasteiger charge is 2.13. The number of Topliss-reactive ketones (excluding diaryl/α,β-unsaturated/α-hetero) is 1. The molecule has 2 N–H and O–H groups in total. The minimum absolute atomic E-state index is 0.00855. The molecule has 0 aliphatic carbocycles. The van der Waals surface area contributed by atoms with Crippen molar-refractivity contribution in [3.05, 3.63) is 76.7 Å². The minimum atomic E-state index is -0.299. The predicted molar refractivity (Wildman–Crippen MR) is 110 cm³/mol. The lowest BCUT2D eigenvalue weighted by atomic mass is 10.0. The van der Waals surface area contributed by atoms with Crippen molar-refractivity contribution in [2.75, 3.05) is 10.6 Å². The Bertz CT molecular complexity index is 1020. The van der Waals surface area contributed by atoms with Crippen molar-refractivity contribution in [1.29, 1.82) is 0 Å². The molecular weight excluding hydrogens is 352 g/mol. The van der Waals surface area contributed by atoms with Gasteiger partial charge in [0.05, 0.1) is 0 Å². The first kappa shape index (κ1) is 19.2. The molecule has 1 amide bonds. The van der Waals surface area contributed by atoms with Crippen LogP contribution in [0.2, 0.25) is 0 Å². The zero-order valence-corrected chi connectivity index (χ0v) is 16.3. The Morgan fingerprint density at radius 1 is 0.893 bits per heavy atom. The standard InChI is InChI=1S/C22H22N4O2/c1-13-9-14(2)21(15(3)10-13)26-22(28)19-11-20(24-12-23-19)25-18-7-5-17(6-8-18)16(4)27/h5-12H,1-4H3,(H,26,28)(H,23,24,25). The van der Waals surface area contributed by atoms with E-state index >= 15 is 0 Å². The highest BCUT2D eigenvalue weighted by molar-refractivity contribution is 6.04. The van der Waals surface area contributed by atoms with Gasteiger partial charge in [-0.1, -0.05) is 17.7 Å². The summed E-state index contributed by atoms with van der Waals surface area (Å²) < 4.78 is 0. The van der Waals surface area contributed by atoms with Crippen LogP contribution in [-0.4, -0.2) is 21.7 Å². The number of anilines is 3. The fourth-order valence-electron chi connectivity index (χ4n) is 3.04. The van der Waals surface area contributed by atoms with E-state index in [9.17, 15) is 9.59 Å². The van der Waals surface area contributed by atoms with Crippen LogP contribution < -0.4 is 10.6 Å². The van der Waals surface area contributed by atoms with Gasteiger partial charge in [0.1, 0.15) is 17.8 Å². The van der Waals surface area contributed by atoms with Crippen LogP contribution in [0, 0.1) is 20.8 Å². The number of benzene rings is 2. The first-order chi connectivity index (χ1) is 13.3. The summed E-state index contributed by atoms with van der Waals surface area (Å²) in [6, 6.07) is 12.7. The third-order valence-electron chi connectivity index (χ3n) is 4.38. The Morgan fingerprint density at radius 2 is 1.54 bits per heavy atom. The van der Waals surface area contributed by atoms with Crippen LogP contribution in [0.3, 0.4) is 0 Å². The summed E-state index contributed by atoms with van der Waals surface area (Å²) >= 11 is 0. The molecule has 0 fully saturated rings. The Labute approximate surface area is 164 Å². The van der Waals surface area contributed by atoms with E-state index in [4.69, 9.17) is 0 Å². The quantitative estimate of drug-likeness (QED) is 0.638. The lowest BCUT2D eigenvalue weighted by Crippen LogP contribution is -2.16. The zero-order valence-electron chi connectivity index (χ0n) is 16.3. The van der Waals surface area contributed by atoms with Crippen LogP contribution in [0.1, 0.15) is 44.5 Å². The lowest BCUT2D eigenvalue weighted by molar-refractivity contribution is 0.101. The first-order valence-corrected chi connectivity index (χ1v) is 8.93. The molecule has 0 saturated carbocycles. The molecule has 28 heavy (non-hydrogen) atoms. The number of carbonyl (C=O) groups excluding carboxylic acids is 2. The fraction of sp³-hybridized carbons (Fsp3) is 0.182. The maximum atomic E-state index is 12.7. The molecule has 0 radical (unpaired) electrons. The molecule has 6 nitrogen and oxygen atoms in total. The van der Waals surface area contributed by atoms with Crippen molar-refractivity contribution in [3.8, 4) is 0 Å². The number of aromatic nitrogens is 2. The van der Waals surface area contributed by atoms with Gasteiger partial charge in [-0.05, 0) is 63.1 Å². The summed E-state index contributed by atoms with van der Waals surface area (Å²) in [6.45, 7) is 7.48. The van der Waals surface area contributed by atoms with Crippen molar-refractivity contribution >= 4 is 28.9 Å². The van der Waals surface area contributed by atoms with Gasteiger partial charge in [0.15, 0.2) is 5.78 Å². The van der Waals surface area contributed by atoms with E-state index in [1.165, 1.54) is 13.3 Å². The maximum Gasteiger partial charge on any atom is 0.274 e. The Morgan fingerprint density at radius 3 is 2.14 bits per heavy atom. The summed E-state index contributed by atoms with van der Waals surface area (Å²) in [7, 11) is 0. The molecule has 0 bridgehead atoms. The molecule has 0 saturated heterocycles. The fourth-order valence-corrected chi connectivity index (χ4v) is 3.04. The van der Waals surface area contributed by atoms with Crippen LogP contribution in [0.5, 0.6) is 0 Å². The van der Waals surface area contributed by atoms with Gasteiger partial charge in [0.25, 0.3) is 5.91 Å². The second kappa shape index (κ2) is 8.00. The first-order valence-electron chi connectivity index (χ1n) is 8.93. The largest absolute Gasteiger partial charge is 0.340 e. The van der Waals surface area contributed by atoms with E-state index in [0.717, 1.165) is 28.1 Å². The van der Waals surface area contributed by atoms with E-state index in [1.807, 2.05) is 32.9 Å². The highest BCUT2D eigenvalue weighted by atomic mass is 16.2. The highest BCUT2D eigenvalue weighted by Crippen LogP contribution is 2.23. The van der Waals surface area contributed by atoms with E-state index in [-0.39, 0.29) is 17.4 Å². The third-order valence-corrected chi connectivity index (χ3v) is 4.38. The summed E-state index contributed by atoms with van der Waals surface area (Å²) in [5.41, 5.74) is 5.61. The molecule has 2 aromatic carbocycles. The molecule has 142 valence electrons. The van der Waals surface area contributed by atoms with Gasteiger partial charge in [-0.2, -0.15) is 0 Å². The van der Waals surface area contributed by atoms with Crippen LogP contribution >= 0.6 is 0 Å². The van der Waals surface area contributed by atoms with Gasteiger partial charge in [0, 0.05) is 23.0 Å². The summed E-state index contributed by atoms with van der Waals surface area (Å²) in [6.07, 6.45) is 1.34. The van der Waals surface area contributed by atoms with Crippen LogP contribution in [0.25, 0.3) is 0 Å². The number of ketones is 1. The summed E-state index contributed by atoms with van der Waals surface area (Å²) in [5, 5.41) is 6.06. The molecule has 0 aliphatic heterocycles. The number of amides is 1. The molecule has 6 heteroatoms. The molecule has 0 spiro atoms.